The zero-order valence-electron chi connectivity index (χ0n) is 10.7. The van der Waals surface area contributed by atoms with Crippen molar-refractivity contribution in [1.82, 2.24) is 15.5 Å². The highest BCUT2D eigenvalue weighted by molar-refractivity contribution is 7.90. The Hall–Kier alpha value is -1.01. The van der Waals surface area contributed by atoms with Gasteiger partial charge < -0.3 is 5.32 Å². The third kappa shape index (κ3) is 4.40. The van der Waals surface area contributed by atoms with Gasteiger partial charge in [-0.3, -0.25) is 0 Å². The Bertz CT molecular complexity index is 485. The highest BCUT2D eigenvalue weighted by Crippen LogP contribution is 2.19. The molecule has 0 fully saturated rings. The molecule has 0 aliphatic carbocycles. The molecule has 0 saturated carbocycles. The molecule has 1 atom stereocenters. The maximum atomic E-state index is 11.2. The lowest BCUT2D eigenvalue weighted by atomic mass is 10.0. The Morgan fingerprint density at radius 2 is 2.00 bits per heavy atom. The Morgan fingerprint density at radius 3 is 2.53 bits per heavy atom. The largest absolute Gasteiger partial charge is 0.313 e. The van der Waals surface area contributed by atoms with E-state index in [-0.39, 0.29) is 11.8 Å². The molecule has 0 aliphatic rings. The van der Waals surface area contributed by atoms with Gasteiger partial charge in [-0.1, -0.05) is 0 Å². The fraction of sp³-hybridized carbons (Fsp3) is 0.636. The average Bonchev–Trinajstić information content (AvgIpc) is 2.22. The summed E-state index contributed by atoms with van der Waals surface area (Å²) in [5, 5.41) is 11.1. The number of rotatable bonds is 5. The van der Waals surface area contributed by atoms with Crippen LogP contribution in [-0.4, -0.2) is 37.7 Å². The van der Waals surface area contributed by atoms with E-state index in [1.54, 1.807) is 0 Å². The standard InChI is InChI=1S/C11H19N3O2S/c1-8-7-10(9(2)14-13-8)11(12-3)5-6-17(4,15)16/h7,11-12H,5-6H2,1-4H3. The van der Waals surface area contributed by atoms with Gasteiger partial charge in [-0.15, -0.1) is 0 Å². The molecule has 0 saturated heterocycles. The summed E-state index contributed by atoms with van der Waals surface area (Å²) < 4.78 is 22.4. The first-order valence-electron chi connectivity index (χ1n) is 5.49. The SMILES string of the molecule is CNC(CCS(C)(=O)=O)c1cc(C)nnc1C. The minimum atomic E-state index is -2.94. The van der Waals surface area contributed by atoms with Gasteiger partial charge in [-0.25, -0.2) is 8.42 Å². The van der Waals surface area contributed by atoms with Crippen LogP contribution in [0.2, 0.25) is 0 Å². The van der Waals surface area contributed by atoms with Gasteiger partial charge in [-0.05, 0) is 38.9 Å². The second kappa shape index (κ2) is 5.55. The van der Waals surface area contributed by atoms with Crippen LogP contribution in [0.1, 0.15) is 29.4 Å². The Morgan fingerprint density at radius 1 is 1.35 bits per heavy atom. The number of aromatic nitrogens is 2. The lowest BCUT2D eigenvalue weighted by Crippen LogP contribution is -2.21. The zero-order chi connectivity index (χ0) is 13.1. The van der Waals surface area contributed by atoms with E-state index in [0.717, 1.165) is 17.0 Å². The van der Waals surface area contributed by atoms with Crippen molar-refractivity contribution in [2.75, 3.05) is 19.1 Å². The zero-order valence-corrected chi connectivity index (χ0v) is 11.5. The summed E-state index contributed by atoms with van der Waals surface area (Å²) in [5.74, 6) is 0.166. The van der Waals surface area contributed by atoms with Gasteiger partial charge in [-0.2, -0.15) is 10.2 Å². The first-order chi connectivity index (χ1) is 7.83. The number of hydrogen-bond acceptors (Lipinski definition) is 5. The van der Waals surface area contributed by atoms with Crippen LogP contribution in [0.3, 0.4) is 0 Å². The van der Waals surface area contributed by atoms with Crippen molar-refractivity contribution in [3.05, 3.63) is 23.0 Å². The van der Waals surface area contributed by atoms with Gasteiger partial charge in [0.1, 0.15) is 9.84 Å². The summed E-state index contributed by atoms with van der Waals surface area (Å²) in [6.07, 6.45) is 1.80. The van der Waals surface area contributed by atoms with Gasteiger partial charge in [0.15, 0.2) is 0 Å². The van der Waals surface area contributed by atoms with Crippen LogP contribution < -0.4 is 5.32 Å². The monoisotopic (exact) mass is 257 g/mol. The first-order valence-corrected chi connectivity index (χ1v) is 7.55. The number of aryl methyl sites for hydroxylation is 2. The Labute approximate surface area is 103 Å². The summed E-state index contributed by atoms with van der Waals surface area (Å²) in [4.78, 5) is 0. The van der Waals surface area contributed by atoms with Crippen molar-refractivity contribution in [3.8, 4) is 0 Å². The van der Waals surface area contributed by atoms with Crippen molar-refractivity contribution in [3.63, 3.8) is 0 Å². The normalized spacial score (nSPS) is 13.6. The number of hydrogen-bond donors (Lipinski definition) is 1. The quantitative estimate of drug-likeness (QED) is 0.844. The molecule has 0 aliphatic heterocycles. The molecule has 0 aromatic carbocycles. The molecule has 17 heavy (non-hydrogen) atoms. The summed E-state index contributed by atoms with van der Waals surface area (Å²) in [5.41, 5.74) is 2.69. The van der Waals surface area contributed by atoms with Crippen molar-refractivity contribution >= 4 is 9.84 Å². The van der Waals surface area contributed by atoms with Crippen LogP contribution in [-0.2, 0) is 9.84 Å². The van der Waals surface area contributed by atoms with E-state index >= 15 is 0 Å². The van der Waals surface area contributed by atoms with Crippen LogP contribution >= 0.6 is 0 Å². The van der Waals surface area contributed by atoms with Crippen LogP contribution in [0.5, 0.6) is 0 Å². The van der Waals surface area contributed by atoms with Gasteiger partial charge in [0.05, 0.1) is 17.1 Å². The maximum Gasteiger partial charge on any atom is 0.147 e. The van der Waals surface area contributed by atoms with E-state index in [1.165, 1.54) is 6.26 Å². The minimum absolute atomic E-state index is 0.000995. The number of sulfone groups is 1. The average molecular weight is 257 g/mol. The second-order valence-corrected chi connectivity index (χ2v) is 6.55. The van der Waals surface area contributed by atoms with Crippen LogP contribution in [0.25, 0.3) is 0 Å². The lowest BCUT2D eigenvalue weighted by Gasteiger charge is -2.17. The predicted molar refractivity (Wildman–Crippen MR) is 67.6 cm³/mol. The molecule has 1 rings (SSSR count). The Balaban J connectivity index is 2.90. The van der Waals surface area contributed by atoms with Crippen molar-refractivity contribution in [1.29, 1.82) is 0 Å². The highest BCUT2D eigenvalue weighted by atomic mass is 32.2. The van der Waals surface area contributed by atoms with E-state index in [2.05, 4.69) is 15.5 Å². The van der Waals surface area contributed by atoms with Crippen LogP contribution in [0.4, 0.5) is 0 Å². The summed E-state index contributed by atoms with van der Waals surface area (Å²) >= 11 is 0. The van der Waals surface area contributed by atoms with Crippen LogP contribution in [0.15, 0.2) is 6.07 Å². The topological polar surface area (TPSA) is 72.0 Å². The maximum absolute atomic E-state index is 11.2. The molecule has 0 amide bonds. The van der Waals surface area contributed by atoms with Gasteiger partial charge >= 0.3 is 0 Å². The van der Waals surface area contributed by atoms with Gasteiger partial charge in [0, 0.05) is 12.3 Å². The molecule has 1 aromatic rings. The predicted octanol–water partition coefficient (Wildman–Crippen LogP) is 0.789. The number of nitrogens with zero attached hydrogens (tertiary/aromatic N) is 2. The minimum Gasteiger partial charge on any atom is -0.313 e. The van der Waals surface area contributed by atoms with E-state index in [1.807, 2.05) is 27.0 Å². The first kappa shape index (κ1) is 14.1. The molecule has 1 unspecified atom stereocenters. The van der Waals surface area contributed by atoms with Crippen LogP contribution in [0, 0.1) is 13.8 Å². The molecule has 0 radical (unpaired) electrons. The lowest BCUT2D eigenvalue weighted by molar-refractivity contribution is 0.553. The van der Waals surface area contributed by atoms with E-state index < -0.39 is 9.84 Å². The van der Waals surface area contributed by atoms with Gasteiger partial charge in [0.2, 0.25) is 0 Å². The van der Waals surface area contributed by atoms with Gasteiger partial charge in [0.25, 0.3) is 0 Å². The molecule has 1 heterocycles. The molecule has 0 spiro atoms. The molecule has 1 N–H and O–H groups in total. The fourth-order valence-corrected chi connectivity index (χ4v) is 2.37. The summed E-state index contributed by atoms with van der Waals surface area (Å²) in [6.45, 7) is 3.76. The van der Waals surface area contributed by atoms with Crippen molar-refractivity contribution in [2.24, 2.45) is 0 Å². The Kier molecular flexibility index (Phi) is 4.59. The van der Waals surface area contributed by atoms with E-state index in [0.29, 0.717) is 6.42 Å². The molecular weight excluding hydrogens is 238 g/mol. The third-order valence-electron chi connectivity index (χ3n) is 2.64. The molecule has 0 bridgehead atoms. The second-order valence-electron chi connectivity index (χ2n) is 4.29. The van der Waals surface area contributed by atoms with Crippen molar-refractivity contribution in [2.45, 2.75) is 26.3 Å². The molecular formula is C11H19N3O2S. The number of nitrogens with one attached hydrogen (secondary N) is 1. The molecule has 5 nitrogen and oxygen atoms in total. The molecule has 1 aromatic heterocycles. The fourth-order valence-electron chi connectivity index (χ4n) is 1.71. The smallest absolute Gasteiger partial charge is 0.147 e. The third-order valence-corrected chi connectivity index (χ3v) is 3.62. The summed E-state index contributed by atoms with van der Waals surface area (Å²) in [7, 11) is -1.11. The van der Waals surface area contributed by atoms with E-state index in [9.17, 15) is 8.42 Å². The van der Waals surface area contributed by atoms with Crippen molar-refractivity contribution < 1.29 is 8.42 Å². The molecule has 6 heteroatoms. The summed E-state index contributed by atoms with van der Waals surface area (Å²) in [6, 6.07) is 1.95. The van der Waals surface area contributed by atoms with E-state index in [4.69, 9.17) is 0 Å². The molecule has 96 valence electrons. The highest BCUT2D eigenvalue weighted by Gasteiger charge is 2.15.